The summed E-state index contributed by atoms with van der Waals surface area (Å²) in [6, 6.07) is 0. The molecule has 0 bridgehead atoms. The third-order valence-electron chi connectivity index (χ3n) is 17.9. The average molecular weight is 743 g/mol. The van der Waals surface area contributed by atoms with Gasteiger partial charge < -0.3 is 20.5 Å². The van der Waals surface area contributed by atoms with Crippen molar-refractivity contribution in [3.05, 3.63) is 12.2 Å². The smallest absolute Gasteiger partial charge is 0.309 e. The Labute approximate surface area is 314 Å². The number of ether oxygens (including phenoxy) is 1. The molecule has 8 nitrogen and oxygen atoms in total. The van der Waals surface area contributed by atoms with Crippen molar-refractivity contribution >= 4 is 21.8 Å². The third kappa shape index (κ3) is 5.89. The maximum atomic E-state index is 13.1. The summed E-state index contributed by atoms with van der Waals surface area (Å²) in [6.07, 6.45) is 12.3. The van der Waals surface area contributed by atoms with E-state index in [4.69, 9.17) is 4.74 Å². The number of aliphatic carboxylic acids is 1. The summed E-state index contributed by atoms with van der Waals surface area (Å²) in [6.45, 7) is 24.8. The molecule has 1 heterocycles. The van der Waals surface area contributed by atoms with Crippen LogP contribution in [0, 0.1) is 68.5 Å². The SMILES string of the molecule is C=C(C)[C@@H]1CC[C@]2(NCCNC[C@@H]3C4CC4CS3(=O)=O)CC[C@]3(C)[C@H](CC[C@@H]4[C@@]5(C)CC[C@H](OC(=O)CC(C)(C)C(=O)O)C(C)(C)[C@@H]5CC[C@]43C)[C@@H]12. The van der Waals surface area contributed by atoms with E-state index in [1.807, 2.05) is 0 Å². The van der Waals surface area contributed by atoms with Crippen molar-refractivity contribution in [2.75, 3.05) is 25.4 Å². The number of hydrogen-bond acceptors (Lipinski definition) is 7. The molecule has 52 heavy (non-hydrogen) atoms. The molecule has 6 saturated carbocycles. The molecule has 0 aromatic rings. The second-order valence-electron chi connectivity index (χ2n) is 21.2. The van der Waals surface area contributed by atoms with E-state index in [-0.39, 0.29) is 50.9 Å². The van der Waals surface area contributed by atoms with Crippen LogP contribution in [0.4, 0.5) is 0 Å². The maximum Gasteiger partial charge on any atom is 0.309 e. The van der Waals surface area contributed by atoms with Crippen molar-refractivity contribution < 1.29 is 27.9 Å². The second kappa shape index (κ2) is 12.8. The molecular formula is C43H70N2O6S. The van der Waals surface area contributed by atoms with Crippen LogP contribution < -0.4 is 10.6 Å². The first-order chi connectivity index (χ1) is 24.1. The van der Waals surface area contributed by atoms with Gasteiger partial charge in [-0.3, -0.25) is 9.59 Å². The zero-order valence-corrected chi connectivity index (χ0v) is 34.4. The fourth-order valence-electron chi connectivity index (χ4n) is 14.8. The van der Waals surface area contributed by atoms with E-state index >= 15 is 0 Å². The predicted molar refractivity (Wildman–Crippen MR) is 205 cm³/mol. The number of allylic oxidation sites excluding steroid dienone is 1. The second-order valence-corrected chi connectivity index (χ2v) is 23.5. The Balaban J connectivity index is 1.06. The van der Waals surface area contributed by atoms with Crippen LogP contribution in [-0.2, 0) is 24.2 Å². The molecule has 1 saturated heterocycles. The third-order valence-corrected chi connectivity index (χ3v) is 20.3. The van der Waals surface area contributed by atoms with Crippen molar-refractivity contribution in [3.8, 4) is 0 Å². The Hall–Kier alpha value is -1.45. The minimum atomic E-state index is -2.93. The van der Waals surface area contributed by atoms with E-state index in [0.717, 1.165) is 38.8 Å². The zero-order valence-electron chi connectivity index (χ0n) is 33.6. The van der Waals surface area contributed by atoms with E-state index < -0.39 is 21.2 Å². The van der Waals surface area contributed by atoms with Gasteiger partial charge in [0, 0.05) is 30.6 Å². The molecule has 9 heteroatoms. The molecule has 13 atom stereocenters. The Morgan fingerprint density at radius 1 is 0.904 bits per heavy atom. The Morgan fingerprint density at radius 3 is 2.29 bits per heavy atom. The number of rotatable bonds is 11. The molecule has 2 unspecified atom stereocenters. The van der Waals surface area contributed by atoms with E-state index in [0.29, 0.717) is 53.7 Å². The van der Waals surface area contributed by atoms with Crippen LogP contribution in [0.3, 0.4) is 0 Å². The summed E-state index contributed by atoms with van der Waals surface area (Å²) >= 11 is 0. The van der Waals surface area contributed by atoms with Gasteiger partial charge in [-0.15, -0.1) is 0 Å². The van der Waals surface area contributed by atoms with Gasteiger partial charge in [0.15, 0.2) is 9.84 Å². The number of carboxylic acids is 1. The lowest BCUT2D eigenvalue weighted by Gasteiger charge is -2.73. The molecule has 1 aliphatic heterocycles. The lowest BCUT2D eigenvalue weighted by molar-refractivity contribution is -0.246. The van der Waals surface area contributed by atoms with Crippen molar-refractivity contribution in [2.24, 2.45) is 68.5 Å². The van der Waals surface area contributed by atoms with Gasteiger partial charge in [-0.1, -0.05) is 46.8 Å². The summed E-state index contributed by atoms with van der Waals surface area (Å²) in [4.78, 5) is 24.8. The van der Waals surface area contributed by atoms with E-state index in [9.17, 15) is 23.1 Å². The van der Waals surface area contributed by atoms with Crippen molar-refractivity contribution in [2.45, 2.75) is 149 Å². The first kappa shape index (κ1) is 38.8. The van der Waals surface area contributed by atoms with E-state index in [2.05, 4.69) is 58.8 Å². The molecule has 0 aromatic carbocycles. The van der Waals surface area contributed by atoms with Crippen LogP contribution in [0.1, 0.15) is 132 Å². The lowest BCUT2D eigenvalue weighted by Crippen LogP contribution is -2.69. The van der Waals surface area contributed by atoms with Gasteiger partial charge in [-0.05, 0) is 149 Å². The van der Waals surface area contributed by atoms with Gasteiger partial charge in [0.05, 0.1) is 22.8 Å². The number of carbonyl (C=O) groups is 2. The maximum absolute atomic E-state index is 13.1. The Kier molecular flexibility index (Phi) is 9.55. The monoisotopic (exact) mass is 742 g/mol. The topological polar surface area (TPSA) is 122 Å². The number of esters is 1. The highest BCUT2D eigenvalue weighted by atomic mass is 32.2. The molecule has 7 aliphatic rings. The van der Waals surface area contributed by atoms with Gasteiger partial charge in [0.25, 0.3) is 0 Å². The minimum absolute atomic E-state index is 0.109. The average Bonchev–Trinajstić information content (AvgIpc) is 3.57. The van der Waals surface area contributed by atoms with Crippen molar-refractivity contribution in [1.82, 2.24) is 10.6 Å². The quantitative estimate of drug-likeness (QED) is 0.114. The van der Waals surface area contributed by atoms with Crippen molar-refractivity contribution in [3.63, 3.8) is 0 Å². The highest BCUT2D eigenvalue weighted by Crippen LogP contribution is 2.76. The molecule has 294 valence electrons. The molecular weight excluding hydrogens is 673 g/mol. The first-order valence-corrected chi connectivity index (χ1v) is 22.6. The molecule has 0 aromatic heterocycles. The summed E-state index contributed by atoms with van der Waals surface area (Å²) in [7, 11) is -2.93. The highest BCUT2D eigenvalue weighted by Gasteiger charge is 2.71. The number of sulfone groups is 1. The normalized spacial score (nSPS) is 46.9. The van der Waals surface area contributed by atoms with Gasteiger partial charge >= 0.3 is 11.9 Å². The van der Waals surface area contributed by atoms with E-state index in [1.54, 1.807) is 13.8 Å². The van der Waals surface area contributed by atoms with Crippen molar-refractivity contribution in [1.29, 1.82) is 0 Å². The summed E-state index contributed by atoms with van der Waals surface area (Å²) in [5.41, 5.74) is 0.721. The summed E-state index contributed by atoms with van der Waals surface area (Å²) < 4.78 is 31.4. The largest absolute Gasteiger partial charge is 0.481 e. The number of carboxylic acid groups (broad SMARTS) is 1. The standard InChI is InChI=1S/C43H70N2O6S/c1-26(2)28-12-17-43(45-21-20-44-24-31-29-22-27(29)25-52(31,49)50)19-18-41(8)30(36(28)43)10-11-33-40(7)15-14-34(51-35(46)23-38(3,4)37(47)48)39(5,6)32(40)13-16-42(33,41)9/h27-34,36,44-45H,1,10-25H2,2-9H3,(H,47,48)/t27?,28-,29?,30+,31+,32-,33+,34-,36+,40-,41+,42+,43-/m0/s1. The van der Waals surface area contributed by atoms with Crippen LogP contribution in [-0.4, -0.2) is 67.7 Å². The predicted octanol–water partition coefficient (Wildman–Crippen LogP) is 7.42. The first-order valence-electron chi connectivity index (χ1n) is 20.9. The van der Waals surface area contributed by atoms with Gasteiger partial charge in [-0.2, -0.15) is 0 Å². The Morgan fingerprint density at radius 2 is 1.63 bits per heavy atom. The van der Waals surface area contributed by atoms with Gasteiger partial charge in [0.2, 0.25) is 0 Å². The molecule has 0 radical (unpaired) electrons. The van der Waals surface area contributed by atoms with Gasteiger partial charge in [-0.25, -0.2) is 8.42 Å². The lowest BCUT2D eigenvalue weighted by atomic mass is 9.32. The molecule has 7 fully saturated rings. The number of hydrogen-bond donors (Lipinski definition) is 3. The molecule has 6 aliphatic carbocycles. The molecule has 7 rings (SSSR count). The molecule has 0 spiro atoms. The number of fused-ring (bicyclic) bond motifs is 8. The van der Waals surface area contributed by atoms with E-state index in [1.165, 1.54) is 50.5 Å². The summed E-state index contributed by atoms with van der Waals surface area (Å²) in [5, 5.41) is 17.1. The summed E-state index contributed by atoms with van der Waals surface area (Å²) in [5.74, 6) is 2.63. The van der Waals surface area contributed by atoms with Crippen LogP contribution in [0.2, 0.25) is 0 Å². The molecule has 0 amide bonds. The zero-order chi connectivity index (χ0) is 37.9. The molecule has 3 N–H and O–H groups in total. The number of carbonyl (C=O) groups excluding carboxylic acids is 1. The minimum Gasteiger partial charge on any atom is -0.481 e. The Bertz CT molecular complexity index is 1570. The van der Waals surface area contributed by atoms with Crippen LogP contribution in [0.25, 0.3) is 0 Å². The van der Waals surface area contributed by atoms with Crippen LogP contribution in [0.5, 0.6) is 0 Å². The highest BCUT2D eigenvalue weighted by molar-refractivity contribution is 7.92. The van der Waals surface area contributed by atoms with Crippen LogP contribution in [0.15, 0.2) is 12.2 Å². The van der Waals surface area contributed by atoms with Gasteiger partial charge in [0.1, 0.15) is 6.10 Å². The van der Waals surface area contributed by atoms with Crippen LogP contribution >= 0.6 is 0 Å². The fraction of sp³-hybridized carbons (Fsp3) is 0.907. The fourth-order valence-corrected chi connectivity index (χ4v) is 17.3. The number of nitrogens with one attached hydrogen (secondary N) is 2.